The van der Waals surface area contributed by atoms with Crippen LogP contribution in [0.2, 0.25) is 0 Å². The van der Waals surface area contributed by atoms with Gasteiger partial charge in [0.2, 0.25) is 0 Å². The quantitative estimate of drug-likeness (QED) is 0.797. The minimum absolute atomic E-state index is 0.176. The van der Waals surface area contributed by atoms with E-state index in [0.29, 0.717) is 0 Å². The van der Waals surface area contributed by atoms with Crippen LogP contribution in [-0.2, 0) is 16.0 Å². The third-order valence-corrected chi connectivity index (χ3v) is 4.08. The normalized spacial score (nSPS) is 12.3. The molecule has 0 aliphatic heterocycles. The van der Waals surface area contributed by atoms with Crippen molar-refractivity contribution in [1.29, 1.82) is 0 Å². The molecule has 1 rings (SSSR count). The SMILES string of the molecule is CN(CCS(C)(=O)=O)C(=O)c1ccc(Br)cc1C(F)(F)F. The summed E-state index contributed by atoms with van der Waals surface area (Å²) in [5.41, 5.74) is -1.57. The lowest BCUT2D eigenvalue weighted by molar-refractivity contribution is -0.138. The molecule has 0 N–H and O–H groups in total. The lowest BCUT2D eigenvalue weighted by atomic mass is 10.1. The first-order valence-electron chi connectivity index (χ1n) is 5.72. The highest BCUT2D eigenvalue weighted by Gasteiger charge is 2.36. The molecule has 0 fully saturated rings. The van der Waals surface area contributed by atoms with Gasteiger partial charge in [0.05, 0.1) is 16.9 Å². The van der Waals surface area contributed by atoms with Crippen LogP contribution in [0.1, 0.15) is 15.9 Å². The molecule has 1 amide bonds. The van der Waals surface area contributed by atoms with Crippen molar-refractivity contribution in [3.05, 3.63) is 33.8 Å². The van der Waals surface area contributed by atoms with Gasteiger partial charge in [0.15, 0.2) is 0 Å². The van der Waals surface area contributed by atoms with E-state index in [2.05, 4.69) is 15.9 Å². The number of sulfone groups is 1. The minimum Gasteiger partial charge on any atom is -0.341 e. The Bertz CT molecular complexity index is 644. The molecule has 0 heterocycles. The third kappa shape index (κ3) is 5.31. The zero-order valence-corrected chi connectivity index (χ0v) is 13.6. The van der Waals surface area contributed by atoms with Crippen molar-refractivity contribution < 1.29 is 26.4 Å². The maximum absolute atomic E-state index is 12.9. The van der Waals surface area contributed by atoms with Gasteiger partial charge in [0.1, 0.15) is 9.84 Å². The van der Waals surface area contributed by atoms with Crippen molar-refractivity contribution in [2.45, 2.75) is 6.18 Å². The molecule has 21 heavy (non-hydrogen) atoms. The van der Waals surface area contributed by atoms with Gasteiger partial charge in [-0.1, -0.05) is 15.9 Å². The maximum atomic E-state index is 12.9. The fraction of sp³-hybridized carbons (Fsp3) is 0.417. The van der Waals surface area contributed by atoms with Crippen molar-refractivity contribution in [3.63, 3.8) is 0 Å². The molecule has 0 aliphatic carbocycles. The highest BCUT2D eigenvalue weighted by atomic mass is 79.9. The van der Waals surface area contributed by atoms with Crippen LogP contribution in [0.3, 0.4) is 0 Å². The van der Waals surface area contributed by atoms with Crippen LogP contribution in [0.4, 0.5) is 13.2 Å². The Labute approximate surface area is 129 Å². The Hall–Kier alpha value is -1.09. The summed E-state index contributed by atoms with van der Waals surface area (Å²) in [6.45, 7) is -0.176. The first-order chi connectivity index (χ1) is 9.42. The molecular weight excluding hydrogens is 375 g/mol. The highest BCUT2D eigenvalue weighted by Crippen LogP contribution is 2.34. The second-order valence-corrected chi connectivity index (χ2v) is 7.72. The predicted molar refractivity (Wildman–Crippen MR) is 75.8 cm³/mol. The van der Waals surface area contributed by atoms with E-state index in [9.17, 15) is 26.4 Å². The molecule has 0 saturated heterocycles. The summed E-state index contributed by atoms with van der Waals surface area (Å²) in [5, 5.41) is 0. The highest BCUT2D eigenvalue weighted by molar-refractivity contribution is 9.10. The van der Waals surface area contributed by atoms with Crippen LogP contribution >= 0.6 is 15.9 Å². The summed E-state index contributed by atoms with van der Waals surface area (Å²) >= 11 is 2.93. The molecule has 4 nitrogen and oxygen atoms in total. The van der Waals surface area contributed by atoms with Crippen molar-refractivity contribution in [1.82, 2.24) is 4.90 Å². The number of hydrogen-bond donors (Lipinski definition) is 0. The van der Waals surface area contributed by atoms with E-state index >= 15 is 0 Å². The average Bonchev–Trinajstić information content (AvgIpc) is 2.33. The van der Waals surface area contributed by atoms with Gasteiger partial charge >= 0.3 is 6.18 Å². The molecule has 1 aromatic rings. The summed E-state index contributed by atoms with van der Waals surface area (Å²) in [4.78, 5) is 13.0. The van der Waals surface area contributed by atoms with Gasteiger partial charge < -0.3 is 4.90 Å². The fourth-order valence-corrected chi connectivity index (χ4v) is 2.51. The van der Waals surface area contributed by atoms with Crippen LogP contribution in [0, 0.1) is 0 Å². The zero-order chi connectivity index (χ0) is 16.4. The summed E-state index contributed by atoms with van der Waals surface area (Å²) in [6, 6.07) is 3.21. The summed E-state index contributed by atoms with van der Waals surface area (Å²) < 4.78 is 61.1. The van der Waals surface area contributed by atoms with E-state index in [-0.39, 0.29) is 16.8 Å². The summed E-state index contributed by atoms with van der Waals surface area (Å²) in [6.07, 6.45) is -3.68. The summed E-state index contributed by atoms with van der Waals surface area (Å²) in [5.74, 6) is -1.19. The number of hydrogen-bond acceptors (Lipinski definition) is 3. The lowest BCUT2D eigenvalue weighted by Gasteiger charge is -2.19. The Balaban J connectivity index is 3.07. The number of alkyl halides is 3. The van der Waals surface area contributed by atoms with Crippen molar-refractivity contribution in [2.24, 2.45) is 0 Å². The van der Waals surface area contributed by atoms with Gasteiger partial charge in [-0.3, -0.25) is 4.79 Å². The molecule has 0 unspecified atom stereocenters. The van der Waals surface area contributed by atoms with E-state index in [1.165, 1.54) is 13.1 Å². The molecule has 0 aromatic heterocycles. The van der Waals surface area contributed by atoms with Gasteiger partial charge in [0, 0.05) is 24.3 Å². The number of rotatable bonds is 4. The number of benzene rings is 1. The van der Waals surface area contributed by atoms with Crippen molar-refractivity contribution >= 4 is 31.7 Å². The number of nitrogens with zero attached hydrogens (tertiary/aromatic N) is 1. The Morgan fingerprint density at radius 3 is 2.38 bits per heavy atom. The Kier molecular flexibility index (Phi) is 5.43. The van der Waals surface area contributed by atoms with E-state index in [1.807, 2.05) is 0 Å². The first kappa shape index (κ1) is 18.0. The Morgan fingerprint density at radius 2 is 1.90 bits per heavy atom. The molecule has 9 heteroatoms. The number of carbonyl (C=O) groups is 1. The predicted octanol–water partition coefficient (Wildman–Crippen LogP) is 2.58. The number of carbonyl (C=O) groups excluding carboxylic acids is 1. The second-order valence-electron chi connectivity index (χ2n) is 4.54. The van der Waals surface area contributed by atoms with Gasteiger partial charge in [-0.15, -0.1) is 0 Å². The van der Waals surface area contributed by atoms with Crippen LogP contribution in [0.5, 0.6) is 0 Å². The Morgan fingerprint density at radius 1 is 1.33 bits per heavy atom. The molecule has 1 aromatic carbocycles. The van der Waals surface area contributed by atoms with Crippen LogP contribution in [0.25, 0.3) is 0 Å². The third-order valence-electron chi connectivity index (χ3n) is 2.66. The average molecular weight is 388 g/mol. The minimum atomic E-state index is -4.67. The lowest BCUT2D eigenvalue weighted by Crippen LogP contribution is -2.32. The maximum Gasteiger partial charge on any atom is 0.417 e. The molecule has 0 spiro atoms. The van der Waals surface area contributed by atoms with Crippen molar-refractivity contribution in [3.8, 4) is 0 Å². The van der Waals surface area contributed by atoms with Crippen LogP contribution in [0.15, 0.2) is 22.7 Å². The topological polar surface area (TPSA) is 54.5 Å². The smallest absolute Gasteiger partial charge is 0.341 e. The van der Waals surface area contributed by atoms with Gasteiger partial charge in [0.25, 0.3) is 5.91 Å². The fourth-order valence-electron chi connectivity index (χ4n) is 1.55. The van der Waals surface area contributed by atoms with Gasteiger partial charge in [-0.05, 0) is 18.2 Å². The van der Waals surface area contributed by atoms with Crippen LogP contribution < -0.4 is 0 Å². The van der Waals surface area contributed by atoms with Gasteiger partial charge in [-0.25, -0.2) is 8.42 Å². The largest absolute Gasteiger partial charge is 0.417 e. The zero-order valence-electron chi connectivity index (χ0n) is 11.2. The molecule has 118 valence electrons. The van der Waals surface area contributed by atoms with E-state index in [0.717, 1.165) is 23.3 Å². The monoisotopic (exact) mass is 387 g/mol. The molecule has 0 atom stereocenters. The van der Waals surface area contributed by atoms with E-state index in [1.54, 1.807) is 0 Å². The first-order valence-corrected chi connectivity index (χ1v) is 8.57. The van der Waals surface area contributed by atoms with E-state index in [4.69, 9.17) is 0 Å². The molecule has 0 saturated carbocycles. The second kappa shape index (κ2) is 6.35. The van der Waals surface area contributed by atoms with Gasteiger partial charge in [-0.2, -0.15) is 13.2 Å². The standard InChI is InChI=1S/C12H13BrF3NO3S/c1-17(5-6-21(2,19)20)11(18)9-4-3-8(13)7-10(9)12(14,15)16/h3-4,7H,5-6H2,1-2H3. The number of halogens is 4. The molecule has 0 radical (unpaired) electrons. The molecular formula is C12H13BrF3NO3S. The summed E-state index contributed by atoms with van der Waals surface area (Å²) in [7, 11) is -2.04. The van der Waals surface area contributed by atoms with Crippen LogP contribution in [-0.4, -0.2) is 44.8 Å². The van der Waals surface area contributed by atoms with E-state index < -0.39 is 33.0 Å². The number of amides is 1. The van der Waals surface area contributed by atoms with Crippen molar-refractivity contribution in [2.75, 3.05) is 25.6 Å². The molecule has 0 aliphatic rings. The molecule has 0 bridgehead atoms.